The number of nitrogens with zero attached hydrogens (tertiary/aromatic N) is 2. The molecule has 2 aliphatic heterocycles. The summed E-state index contributed by atoms with van der Waals surface area (Å²) in [6, 6.07) is 83.0. The van der Waals surface area contributed by atoms with Gasteiger partial charge in [0.25, 0.3) is 23.6 Å². The van der Waals surface area contributed by atoms with E-state index in [0.717, 1.165) is 32.1 Å². The monoisotopic (exact) mass is 1160 g/mol. The first kappa shape index (κ1) is 54.5. The van der Waals surface area contributed by atoms with Gasteiger partial charge >= 0.3 is 0 Å². The molecule has 0 bridgehead atoms. The second-order valence-corrected chi connectivity index (χ2v) is 21.0. The van der Waals surface area contributed by atoms with Crippen molar-refractivity contribution in [1.82, 2.24) is 0 Å². The molecule has 0 aromatic heterocycles. The van der Waals surface area contributed by atoms with Gasteiger partial charge in [0.05, 0.1) is 33.6 Å². The van der Waals surface area contributed by atoms with Crippen molar-refractivity contribution in [2.75, 3.05) is 21.3 Å². The van der Waals surface area contributed by atoms with E-state index in [9.17, 15) is 19.2 Å². The van der Waals surface area contributed by atoms with Gasteiger partial charge in [-0.1, -0.05) is 133 Å². The molecule has 0 fully saturated rings. The molecule has 2 aliphatic rings. The van der Waals surface area contributed by atoms with Crippen molar-refractivity contribution in [2.45, 2.75) is 0 Å². The lowest BCUT2D eigenvalue weighted by molar-refractivity contribution is 0.0909. The Morgan fingerprint density at radius 3 is 0.944 bits per heavy atom. The van der Waals surface area contributed by atoms with E-state index in [1.807, 2.05) is 152 Å². The largest absolute Gasteiger partial charge is 0.457 e. The van der Waals surface area contributed by atoms with Crippen molar-refractivity contribution in [3.63, 3.8) is 0 Å². The van der Waals surface area contributed by atoms with Gasteiger partial charge in [-0.25, -0.2) is 9.80 Å². The van der Waals surface area contributed by atoms with Gasteiger partial charge in [0, 0.05) is 28.1 Å². The van der Waals surface area contributed by atoms with Crippen LogP contribution in [0, 0.1) is 0 Å². The quantitative estimate of drug-likeness (QED) is 0.0696. The molecule has 428 valence electrons. The molecule has 0 atom stereocenters. The molecule has 14 rings (SSSR count). The number of nitrogen functional groups attached to an aromatic ring is 2. The maximum absolute atomic E-state index is 14.9. The number of hydrogen-bond acceptors (Lipinski definition) is 11. The average molecular weight is 1160 g/mol. The standard InChI is InChI=1S/C76H50N4O9/c77-52-33-26-47(27-34-52)49-30-38-62-64(44-49)75(83)79(73(62)81)66-42-40-59(69(86-55-18-8-2-9-19-55)71(66)88-57-22-12-4-13-23-57)51-32-37-60(68(46-51)85-54-16-6-1-7-17-54)61-41-43-67(72(89-58-24-14-5-15-25-58)70(61)87-56-20-10-3-11-21-56)80-74(82)63-39-31-50(45-65(63)76(80)84)48-28-35-53(78)36-29-48/h1-46H,77-78H2. The molecule has 0 radical (unpaired) electrons. The van der Waals surface area contributed by atoms with Gasteiger partial charge in [0.2, 0.25) is 0 Å². The van der Waals surface area contributed by atoms with E-state index in [4.69, 9.17) is 35.2 Å². The Bertz CT molecular complexity index is 4720. The van der Waals surface area contributed by atoms with Crippen molar-refractivity contribution in [3.8, 4) is 102 Å². The molecule has 2 heterocycles. The molecule has 0 spiro atoms. The molecule has 0 saturated carbocycles. The van der Waals surface area contributed by atoms with Crippen LogP contribution < -0.4 is 45.0 Å². The zero-order chi connectivity index (χ0) is 60.5. The second-order valence-electron chi connectivity index (χ2n) is 21.0. The Balaban J connectivity index is 0.950. The molecule has 13 nitrogen and oxygen atoms in total. The minimum atomic E-state index is -0.558. The van der Waals surface area contributed by atoms with Crippen molar-refractivity contribution in [2.24, 2.45) is 0 Å². The first-order valence-electron chi connectivity index (χ1n) is 28.5. The summed E-state index contributed by atoms with van der Waals surface area (Å²) in [5, 5.41) is 0. The molecule has 0 unspecified atom stereocenters. The van der Waals surface area contributed by atoms with E-state index in [1.54, 1.807) is 127 Å². The Labute approximate surface area is 511 Å². The van der Waals surface area contributed by atoms with Crippen LogP contribution in [0.5, 0.6) is 57.5 Å². The molecule has 89 heavy (non-hydrogen) atoms. The Morgan fingerprint density at radius 1 is 0.236 bits per heavy atom. The highest BCUT2D eigenvalue weighted by atomic mass is 16.5. The summed E-state index contributed by atoms with van der Waals surface area (Å²) in [6.45, 7) is 0. The second kappa shape index (κ2) is 23.2. The maximum atomic E-state index is 14.9. The predicted molar refractivity (Wildman–Crippen MR) is 345 cm³/mol. The summed E-state index contributed by atoms with van der Waals surface area (Å²) in [5.74, 6) is 0.745. The summed E-state index contributed by atoms with van der Waals surface area (Å²) in [5.41, 5.74) is 19.5. The van der Waals surface area contributed by atoms with Crippen LogP contribution in [0.2, 0.25) is 0 Å². The molecule has 0 aliphatic carbocycles. The molecule has 12 aromatic rings. The van der Waals surface area contributed by atoms with E-state index >= 15 is 0 Å². The maximum Gasteiger partial charge on any atom is 0.266 e. The Morgan fingerprint density at radius 2 is 0.539 bits per heavy atom. The van der Waals surface area contributed by atoms with Gasteiger partial charge in [-0.05, 0) is 173 Å². The van der Waals surface area contributed by atoms with Crippen LogP contribution in [0.1, 0.15) is 41.4 Å². The number of hydrogen-bond donors (Lipinski definition) is 2. The van der Waals surface area contributed by atoms with Gasteiger partial charge < -0.3 is 35.2 Å². The number of amides is 4. The number of imide groups is 2. The van der Waals surface area contributed by atoms with E-state index in [-0.39, 0.29) is 56.6 Å². The number of carbonyl (C=O) groups excluding carboxylic acids is 4. The van der Waals surface area contributed by atoms with E-state index in [1.165, 1.54) is 0 Å². The number of fused-ring (bicyclic) bond motifs is 2. The SMILES string of the molecule is Nc1ccc(-c2ccc3c(c2)C(=O)N(c2ccc(-c4ccc(-c5ccc(N6C(=O)c7ccc(-c8ccc(N)cc8)cc7C6=O)c(Oc6ccccc6)c5Oc5ccccc5)c(Oc5ccccc5)c4)c(Oc4ccccc4)c2Oc2ccccc2)C3=O)cc1. The third kappa shape index (κ3) is 10.6. The van der Waals surface area contributed by atoms with Crippen LogP contribution in [0.15, 0.2) is 279 Å². The van der Waals surface area contributed by atoms with Gasteiger partial charge in [-0.3, -0.25) is 19.2 Å². The zero-order valence-corrected chi connectivity index (χ0v) is 47.3. The van der Waals surface area contributed by atoms with Gasteiger partial charge in [0.15, 0.2) is 23.0 Å². The number of anilines is 4. The first-order chi connectivity index (χ1) is 43.6. The lowest BCUT2D eigenvalue weighted by Crippen LogP contribution is -2.29. The van der Waals surface area contributed by atoms with Gasteiger partial charge in [-0.15, -0.1) is 0 Å². The summed E-state index contributed by atoms with van der Waals surface area (Å²) < 4.78 is 34.6. The molecular formula is C76H50N4O9. The Kier molecular flexibility index (Phi) is 14.2. The summed E-state index contributed by atoms with van der Waals surface area (Å²) in [6.07, 6.45) is 0. The highest BCUT2D eigenvalue weighted by Crippen LogP contribution is 2.55. The first-order valence-corrected chi connectivity index (χ1v) is 28.5. The number of benzene rings is 12. The van der Waals surface area contributed by atoms with Crippen LogP contribution >= 0.6 is 0 Å². The number of carbonyl (C=O) groups is 4. The number of para-hydroxylation sites is 5. The fourth-order valence-electron chi connectivity index (χ4n) is 11.0. The molecule has 4 amide bonds. The number of nitrogens with two attached hydrogens (primary N) is 2. The molecule has 12 aromatic carbocycles. The van der Waals surface area contributed by atoms with E-state index in [2.05, 4.69) is 0 Å². The fourth-order valence-corrected chi connectivity index (χ4v) is 11.0. The van der Waals surface area contributed by atoms with Crippen molar-refractivity contribution >= 4 is 46.4 Å². The smallest absolute Gasteiger partial charge is 0.266 e. The lowest BCUT2D eigenvalue weighted by atomic mass is 9.96. The van der Waals surface area contributed by atoms with Crippen LogP contribution in [-0.4, -0.2) is 23.6 Å². The third-order valence-electron chi connectivity index (χ3n) is 15.3. The minimum Gasteiger partial charge on any atom is -0.457 e. The van der Waals surface area contributed by atoms with Crippen LogP contribution in [-0.2, 0) is 0 Å². The zero-order valence-electron chi connectivity index (χ0n) is 47.3. The highest BCUT2D eigenvalue weighted by molar-refractivity contribution is 6.36. The normalized spacial score (nSPS) is 12.4. The molecule has 4 N–H and O–H groups in total. The van der Waals surface area contributed by atoms with Gasteiger partial charge in [-0.2, -0.15) is 0 Å². The average Bonchev–Trinajstić information content (AvgIpc) is 2.77. The highest BCUT2D eigenvalue weighted by Gasteiger charge is 2.42. The van der Waals surface area contributed by atoms with E-state index in [0.29, 0.717) is 68.1 Å². The van der Waals surface area contributed by atoms with Crippen molar-refractivity contribution in [1.29, 1.82) is 0 Å². The van der Waals surface area contributed by atoms with E-state index < -0.39 is 23.6 Å². The number of ether oxygens (including phenoxy) is 5. The van der Waals surface area contributed by atoms with Crippen LogP contribution in [0.3, 0.4) is 0 Å². The third-order valence-corrected chi connectivity index (χ3v) is 15.3. The minimum absolute atomic E-state index is 0.0621. The summed E-state index contributed by atoms with van der Waals surface area (Å²) in [4.78, 5) is 61.6. The molecule has 13 heteroatoms. The number of rotatable bonds is 16. The van der Waals surface area contributed by atoms with Gasteiger partial charge in [0.1, 0.15) is 34.5 Å². The van der Waals surface area contributed by atoms with Crippen molar-refractivity contribution < 1.29 is 42.9 Å². The summed E-state index contributed by atoms with van der Waals surface area (Å²) in [7, 11) is 0. The van der Waals surface area contributed by atoms with Crippen LogP contribution in [0.25, 0.3) is 44.5 Å². The van der Waals surface area contributed by atoms with Crippen LogP contribution in [0.4, 0.5) is 22.7 Å². The van der Waals surface area contributed by atoms with Crippen molar-refractivity contribution in [3.05, 3.63) is 301 Å². The summed E-state index contributed by atoms with van der Waals surface area (Å²) >= 11 is 0. The molecular weight excluding hydrogens is 1110 g/mol. The lowest BCUT2D eigenvalue weighted by Gasteiger charge is -2.25. The fraction of sp³-hybridized carbons (Fsp3) is 0. The Hall–Kier alpha value is -12.5. The topological polar surface area (TPSA) is 173 Å². The molecule has 0 saturated heterocycles. The predicted octanol–water partition coefficient (Wildman–Crippen LogP) is 18.1.